The summed E-state index contributed by atoms with van der Waals surface area (Å²) < 4.78 is 1.58. The number of carboxylic acids is 1. The fourth-order valence-corrected chi connectivity index (χ4v) is 4.84. The Bertz CT molecular complexity index is 1400. The normalized spacial score (nSPS) is 14.4. The summed E-state index contributed by atoms with van der Waals surface area (Å²) in [6.45, 7) is 5.73. The number of hydrogen-bond acceptors (Lipinski definition) is 4. The minimum absolute atomic E-state index is 0.194. The molecule has 1 N–H and O–H groups in total. The molecule has 1 saturated heterocycles. The maximum atomic E-state index is 13.6. The zero-order chi connectivity index (χ0) is 23.7. The molecule has 2 heterocycles. The first kappa shape index (κ1) is 21.9. The van der Waals surface area contributed by atoms with E-state index in [2.05, 4.69) is 41.0 Å². The zero-order valence-corrected chi connectivity index (χ0v) is 19.1. The third kappa shape index (κ3) is 4.08. The number of aromatic carboxylic acids is 1. The van der Waals surface area contributed by atoms with Gasteiger partial charge >= 0.3 is 5.97 Å². The van der Waals surface area contributed by atoms with Crippen molar-refractivity contribution in [3.63, 3.8) is 0 Å². The summed E-state index contributed by atoms with van der Waals surface area (Å²) in [5.41, 5.74) is 3.63. The first-order valence-corrected chi connectivity index (χ1v) is 11.5. The van der Waals surface area contributed by atoms with Gasteiger partial charge in [0, 0.05) is 54.9 Å². The van der Waals surface area contributed by atoms with Crippen molar-refractivity contribution in [3.8, 4) is 5.69 Å². The van der Waals surface area contributed by atoms with E-state index in [-0.39, 0.29) is 11.1 Å². The molecule has 6 nitrogen and oxygen atoms in total. The molecule has 0 bridgehead atoms. The van der Waals surface area contributed by atoms with Crippen LogP contribution in [0, 0.1) is 6.92 Å². The van der Waals surface area contributed by atoms with Crippen LogP contribution in [-0.2, 0) is 6.54 Å². The molecule has 0 aliphatic carbocycles. The third-order valence-corrected chi connectivity index (χ3v) is 6.53. The van der Waals surface area contributed by atoms with E-state index in [0.29, 0.717) is 28.7 Å². The van der Waals surface area contributed by atoms with Crippen LogP contribution in [0.4, 0.5) is 5.69 Å². The second-order valence-electron chi connectivity index (χ2n) is 8.75. The second-order valence-corrected chi connectivity index (χ2v) is 8.75. The van der Waals surface area contributed by atoms with Crippen molar-refractivity contribution >= 4 is 22.4 Å². The van der Waals surface area contributed by atoms with Crippen LogP contribution in [0.15, 0.2) is 83.7 Å². The van der Waals surface area contributed by atoms with E-state index in [4.69, 9.17) is 0 Å². The van der Waals surface area contributed by atoms with Gasteiger partial charge in [-0.2, -0.15) is 0 Å². The predicted octanol–water partition coefficient (Wildman–Crippen LogP) is 4.32. The number of para-hydroxylation sites is 1. The van der Waals surface area contributed by atoms with E-state index in [1.165, 1.54) is 11.3 Å². The number of anilines is 1. The minimum atomic E-state index is -1.02. The van der Waals surface area contributed by atoms with Crippen molar-refractivity contribution < 1.29 is 9.90 Å². The maximum absolute atomic E-state index is 13.6. The van der Waals surface area contributed by atoms with E-state index in [0.717, 1.165) is 26.2 Å². The van der Waals surface area contributed by atoms with E-state index >= 15 is 0 Å². The number of carbonyl (C=O) groups is 1. The Hall–Kier alpha value is -3.90. The van der Waals surface area contributed by atoms with Gasteiger partial charge in [-0.25, -0.2) is 4.79 Å². The van der Waals surface area contributed by atoms with Gasteiger partial charge in [0.15, 0.2) is 0 Å². The molecule has 6 heteroatoms. The molecule has 0 unspecified atom stereocenters. The van der Waals surface area contributed by atoms with E-state index < -0.39 is 5.97 Å². The van der Waals surface area contributed by atoms with Crippen LogP contribution < -0.4 is 10.5 Å². The van der Waals surface area contributed by atoms with Gasteiger partial charge in [0.1, 0.15) is 0 Å². The third-order valence-electron chi connectivity index (χ3n) is 6.53. The van der Waals surface area contributed by atoms with Crippen LogP contribution in [0.3, 0.4) is 0 Å². The van der Waals surface area contributed by atoms with Gasteiger partial charge in [-0.1, -0.05) is 48.5 Å². The first-order chi connectivity index (χ1) is 16.5. The molecule has 4 aromatic rings. The average Bonchev–Trinajstić information content (AvgIpc) is 2.85. The highest BCUT2D eigenvalue weighted by molar-refractivity contribution is 6.04. The summed E-state index contributed by atoms with van der Waals surface area (Å²) >= 11 is 0. The number of carboxylic acid groups (broad SMARTS) is 1. The monoisotopic (exact) mass is 453 g/mol. The fourth-order valence-electron chi connectivity index (χ4n) is 4.84. The van der Waals surface area contributed by atoms with Gasteiger partial charge in [-0.3, -0.25) is 14.3 Å². The Kier molecular flexibility index (Phi) is 5.90. The largest absolute Gasteiger partial charge is 0.478 e. The van der Waals surface area contributed by atoms with Crippen LogP contribution in [0.1, 0.15) is 21.6 Å². The summed E-state index contributed by atoms with van der Waals surface area (Å²) in [6, 6.07) is 24.8. The van der Waals surface area contributed by atoms with Crippen LogP contribution in [0.2, 0.25) is 0 Å². The molecule has 1 aliphatic rings. The van der Waals surface area contributed by atoms with E-state index in [1.54, 1.807) is 28.8 Å². The molecule has 3 aromatic carbocycles. The quantitative estimate of drug-likeness (QED) is 0.488. The van der Waals surface area contributed by atoms with Crippen LogP contribution in [0.25, 0.3) is 16.5 Å². The summed E-state index contributed by atoms with van der Waals surface area (Å²) in [5, 5.41) is 11.1. The molecule has 5 rings (SSSR count). The average molecular weight is 454 g/mol. The SMILES string of the molecule is Cc1cccc(N2CCN(Cc3c(C(=O)O)c4ccccc4c(=O)n3-c3ccccc3)CC2)c1. The highest BCUT2D eigenvalue weighted by Gasteiger charge is 2.25. The molecule has 0 atom stereocenters. The minimum Gasteiger partial charge on any atom is -0.478 e. The lowest BCUT2D eigenvalue weighted by Gasteiger charge is -2.36. The smallest absolute Gasteiger partial charge is 0.338 e. The molecule has 0 saturated carbocycles. The number of aromatic nitrogens is 1. The molecular weight excluding hydrogens is 426 g/mol. The van der Waals surface area contributed by atoms with Gasteiger partial charge in [-0.15, -0.1) is 0 Å². The van der Waals surface area contributed by atoms with Crippen molar-refractivity contribution in [1.82, 2.24) is 9.47 Å². The number of fused-ring (bicyclic) bond motifs is 1. The topological polar surface area (TPSA) is 65.8 Å². The highest BCUT2D eigenvalue weighted by Crippen LogP contribution is 2.25. The van der Waals surface area contributed by atoms with Gasteiger partial charge in [0.05, 0.1) is 11.3 Å². The molecular formula is C28H27N3O3. The summed E-state index contributed by atoms with van der Waals surface area (Å²) in [7, 11) is 0. The number of pyridine rings is 1. The van der Waals surface area contributed by atoms with Crippen molar-refractivity contribution in [2.45, 2.75) is 13.5 Å². The Morgan fingerprint density at radius 1 is 0.824 bits per heavy atom. The lowest BCUT2D eigenvalue weighted by atomic mass is 10.0. The molecule has 0 spiro atoms. The Labute approximate surface area is 198 Å². The standard InChI is InChI=1S/C28H27N3O3/c1-20-8-7-11-22(18-20)30-16-14-29(15-17-30)19-25-26(28(33)34)23-12-5-6-13-24(23)27(32)31(25)21-9-3-2-4-10-21/h2-13,18H,14-17,19H2,1H3,(H,33,34). The predicted molar refractivity (Wildman–Crippen MR) is 135 cm³/mol. The van der Waals surface area contributed by atoms with Crippen molar-refractivity contribution in [3.05, 3.63) is 106 Å². The number of hydrogen-bond donors (Lipinski definition) is 1. The molecule has 172 valence electrons. The van der Waals surface area contributed by atoms with Gasteiger partial charge in [-0.05, 0) is 42.8 Å². The van der Waals surface area contributed by atoms with Gasteiger partial charge in [0.25, 0.3) is 5.56 Å². The van der Waals surface area contributed by atoms with Crippen LogP contribution >= 0.6 is 0 Å². The van der Waals surface area contributed by atoms with Crippen molar-refractivity contribution in [2.75, 3.05) is 31.1 Å². The molecule has 1 aromatic heterocycles. The van der Waals surface area contributed by atoms with E-state index in [9.17, 15) is 14.7 Å². The van der Waals surface area contributed by atoms with Crippen molar-refractivity contribution in [2.24, 2.45) is 0 Å². The Morgan fingerprint density at radius 3 is 2.15 bits per heavy atom. The molecule has 34 heavy (non-hydrogen) atoms. The number of nitrogens with zero attached hydrogens (tertiary/aromatic N) is 3. The van der Waals surface area contributed by atoms with Crippen LogP contribution in [0.5, 0.6) is 0 Å². The second kappa shape index (κ2) is 9.15. The Morgan fingerprint density at radius 2 is 1.47 bits per heavy atom. The zero-order valence-electron chi connectivity index (χ0n) is 19.1. The van der Waals surface area contributed by atoms with Gasteiger partial charge in [0.2, 0.25) is 0 Å². The molecule has 1 fully saturated rings. The maximum Gasteiger partial charge on any atom is 0.338 e. The number of aryl methyl sites for hydroxylation is 1. The van der Waals surface area contributed by atoms with Gasteiger partial charge < -0.3 is 10.0 Å². The summed E-state index contributed by atoms with van der Waals surface area (Å²) in [4.78, 5) is 30.7. The number of benzene rings is 3. The highest BCUT2D eigenvalue weighted by atomic mass is 16.4. The van der Waals surface area contributed by atoms with Crippen LogP contribution in [-0.4, -0.2) is 46.7 Å². The number of piperazine rings is 1. The summed E-state index contributed by atoms with van der Waals surface area (Å²) in [5.74, 6) is -1.02. The molecule has 1 aliphatic heterocycles. The molecule has 0 amide bonds. The lowest BCUT2D eigenvalue weighted by molar-refractivity contribution is 0.0695. The number of rotatable bonds is 5. The Balaban J connectivity index is 1.55. The van der Waals surface area contributed by atoms with E-state index in [1.807, 2.05) is 30.3 Å². The first-order valence-electron chi connectivity index (χ1n) is 11.5. The fraction of sp³-hybridized carbons (Fsp3) is 0.214. The lowest BCUT2D eigenvalue weighted by Crippen LogP contribution is -2.46. The summed E-state index contributed by atoms with van der Waals surface area (Å²) in [6.07, 6.45) is 0. The molecule has 0 radical (unpaired) electrons. The van der Waals surface area contributed by atoms with Crippen molar-refractivity contribution in [1.29, 1.82) is 0 Å².